The van der Waals surface area contributed by atoms with Gasteiger partial charge in [0.1, 0.15) is 0 Å². The minimum absolute atomic E-state index is 0.141. The third kappa shape index (κ3) is 5.58. The van der Waals surface area contributed by atoms with Gasteiger partial charge in [0, 0.05) is 29.7 Å². The van der Waals surface area contributed by atoms with Gasteiger partial charge in [-0.25, -0.2) is 4.79 Å². The zero-order chi connectivity index (χ0) is 23.2. The molecule has 0 amide bonds. The highest BCUT2D eigenvalue weighted by Gasteiger charge is 2.22. The molecule has 1 aliphatic heterocycles. The van der Waals surface area contributed by atoms with Gasteiger partial charge in [0.2, 0.25) is 0 Å². The zero-order valence-electron chi connectivity index (χ0n) is 18.5. The fourth-order valence-electron chi connectivity index (χ4n) is 4.34. The van der Waals surface area contributed by atoms with E-state index < -0.39 is 0 Å². The van der Waals surface area contributed by atoms with Gasteiger partial charge in [-0.3, -0.25) is 10.1 Å². The minimum Gasteiger partial charge on any atom is -0.465 e. The van der Waals surface area contributed by atoms with Crippen LogP contribution in [0.5, 0.6) is 0 Å². The molecule has 2 heterocycles. The van der Waals surface area contributed by atoms with Gasteiger partial charge in [0.05, 0.1) is 24.1 Å². The molecule has 0 aliphatic carbocycles. The Balaban J connectivity index is 1.69. The van der Waals surface area contributed by atoms with E-state index in [1.807, 2.05) is 30.3 Å². The van der Waals surface area contributed by atoms with Crippen molar-refractivity contribution < 1.29 is 14.5 Å². The van der Waals surface area contributed by atoms with Crippen molar-refractivity contribution in [1.29, 1.82) is 0 Å². The largest absolute Gasteiger partial charge is 0.465 e. The summed E-state index contributed by atoms with van der Waals surface area (Å²) in [6.07, 6.45) is 2.26. The second-order valence-corrected chi connectivity index (χ2v) is 9.29. The van der Waals surface area contributed by atoms with E-state index in [0.717, 1.165) is 42.1 Å². The van der Waals surface area contributed by atoms with E-state index in [0.29, 0.717) is 24.6 Å². The number of ether oxygens (including phenoxy) is 1. The van der Waals surface area contributed by atoms with Crippen molar-refractivity contribution in [3.05, 3.63) is 92.3 Å². The van der Waals surface area contributed by atoms with Gasteiger partial charge in [-0.1, -0.05) is 41.7 Å². The molecule has 0 spiro atoms. The van der Waals surface area contributed by atoms with Crippen LogP contribution in [0.2, 0.25) is 0 Å². The fraction of sp³-hybridized carbons (Fsp3) is 0.320. The first-order valence-electron chi connectivity index (χ1n) is 11.0. The second-order valence-electron chi connectivity index (χ2n) is 8.15. The van der Waals surface area contributed by atoms with Crippen molar-refractivity contribution in [2.45, 2.75) is 31.8 Å². The standard InChI is InChI=1S/C25H27N3O4S/c1-32-25(29)19-7-4-6-18(14-19)16-27(17-21-11-12-24(33-21)28(30)31)23-10-3-2-9-22(23)20-8-5-13-26-15-20/h2-4,6-7,9-12,14,20,26H,5,8,13,15-17H2,1H3. The number of anilines is 1. The maximum absolute atomic E-state index is 12.0. The molecule has 1 aliphatic rings. The lowest BCUT2D eigenvalue weighted by molar-refractivity contribution is -0.380. The Morgan fingerprint density at radius 1 is 1.18 bits per heavy atom. The predicted molar refractivity (Wildman–Crippen MR) is 130 cm³/mol. The first-order valence-corrected chi connectivity index (χ1v) is 11.8. The Bertz CT molecular complexity index is 1120. The summed E-state index contributed by atoms with van der Waals surface area (Å²) in [6, 6.07) is 19.2. The molecular weight excluding hydrogens is 438 g/mol. The molecule has 4 rings (SSSR count). The van der Waals surface area contributed by atoms with Crippen molar-refractivity contribution in [2.75, 3.05) is 25.1 Å². The van der Waals surface area contributed by atoms with Crippen LogP contribution in [-0.2, 0) is 17.8 Å². The molecule has 0 bridgehead atoms. The van der Waals surface area contributed by atoms with Gasteiger partial charge in [-0.15, -0.1) is 0 Å². The number of esters is 1. The molecular formula is C25H27N3O4S. The summed E-state index contributed by atoms with van der Waals surface area (Å²) in [5.74, 6) is 0.0440. The number of benzene rings is 2. The Hall–Kier alpha value is -3.23. The number of piperidine rings is 1. The average Bonchev–Trinajstić information content (AvgIpc) is 3.33. The number of hydrogen-bond donors (Lipinski definition) is 1. The summed E-state index contributed by atoms with van der Waals surface area (Å²) in [7, 11) is 1.37. The molecule has 2 aromatic carbocycles. The lowest BCUT2D eigenvalue weighted by Gasteiger charge is -2.31. The van der Waals surface area contributed by atoms with E-state index >= 15 is 0 Å². The van der Waals surface area contributed by atoms with Crippen molar-refractivity contribution in [3.63, 3.8) is 0 Å². The average molecular weight is 466 g/mol. The number of nitro groups is 1. The first kappa shape index (κ1) is 22.9. The molecule has 0 radical (unpaired) electrons. The fourth-order valence-corrected chi connectivity index (χ4v) is 5.17. The number of rotatable bonds is 8. The van der Waals surface area contributed by atoms with Gasteiger partial charge in [0.15, 0.2) is 0 Å². The van der Waals surface area contributed by atoms with Crippen molar-refractivity contribution in [1.82, 2.24) is 5.32 Å². The summed E-state index contributed by atoms with van der Waals surface area (Å²) >= 11 is 1.20. The number of methoxy groups -OCH3 is 1. The van der Waals surface area contributed by atoms with Gasteiger partial charge in [0.25, 0.3) is 0 Å². The van der Waals surface area contributed by atoms with Gasteiger partial charge in [-0.05, 0) is 60.7 Å². The highest BCUT2D eigenvalue weighted by Crippen LogP contribution is 2.35. The number of para-hydroxylation sites is 1. The topological polar surface area (TPSA) is 84.7 Å². The van der Waals surface area contributed by atoms with E-state index in [9.17, 15) is 14.9 Å². The summed E-state index contributed by atoms with van der Waals surface area (Å²) in [4.78, 5) is 26.1. The highest BCUT2D eigenvalue weighted by molar-refractivity contribution is 7.15. The van der Waals surface area contributed by atoms with E-state index in [4.69, 9.17) is 4.74 Å². The van der Waals surface area contributed by atoms with Crippen LogP contribution in [-0.4, -0.2) is 31.1 Å². The molecule has 0 saturated carbocycles. The monoisotopic (exact) mass is 465 g/mol. The number of carbonyl (C=O) groups excluding carboxylic acids is 1. The molecule has 1 fully saturated rings. The molecule has 33 heavy (non-hydrogen) atoms. The Morgan fingerprint density at radius 3 is 2.76 bits per heavy atom. The van der Waals surface area contributed by atoms with Crippen LogP contribution in [0, 0.1) is 10.1 Å². The van der Waals surface area contributed by atoms with Gasteiger partial charge in [-0.2, -0.15) is 0 Å². The molecule has 7 nitrogen and oxygen atoms in total. The smallest absolute Gasteiger partial charge is 0.337 e. The quantitative estimate of drug-likeness (QED) is 0.282. The predicted octanol–water partition coefficient (Wildman–Crippen LogP) is 5.12. The van der Waals surface area contributed by atoms with Crippen LogP contribution in [0.15, 0.2) is 60.7 Å². The third-order valence-corrected chi connectivity index (χ3v) is 6.93. The van der Waals surface area contributed by atoms with Crippen LogP contribution in [0.1, 0.15) is 45.1 Å². The van der Waals surface area contributed by atoms with E-state index in [1.54, 1.807) is 12.1 Å². The van der Waals surface area contributed by atoms with E-state index in [-0.39, 0.29) is 15.9 Å². The lowest BCUT2D eigenvalue weighted by Crippen LogP contribution is -2.30. The number of nitrogens with one attached hydrogen (secondary N) is 1. The zero-order valence-corrected chi connectivity index (χ0v) is 19.3. The summed E-state index contributed by atoms with van der Waals surface area (Å²) in [5.41, 5.74) is 3.87. The summed E-state index contributed by atoms with van der Waals surface area (Å²) in [5, 5.41) is 14.8. The molecule has 172 valence electrons. The molecule has 1 saturated heterocycles. The molecule has 8 heteroatoms. The first-order chi connectivity index (χ1) is 16.0. The maximum Gasteiger partial charge on any atom is 0.337 e. The molecule has 1 N–H and O–H groups in total. The molecule has 3 aromatic rings. The molecule has 1 atom stereocenters. The summed E-state index contributed by atoms with van der Waals surface area (Å²) in [6.45, 7) is 3.08. The van der Waals surface area contributed by atoms with Crippen molar-refractivity contribution in [2.24, 2.45) is 0 Å². The Labute approximate surface area is 197 Å². The molecule has 1 aromatic heterocycles. The van der Waals surface area contributed by atoms with E-state index in [2.05, 4.69) is 28.4 Å². The van der Waals surface area contributed by atoms with Crippen LogP contribution in [0.3, 0.4) is 0 Å². The van der Waals surface area contributed by atoms with E-state index in [1.165, 1.54) is 24.0 Å². The summed E-state index contributed by atoms with van der Waals surface area (Å²) < 4.78 is 4.88. The van der Waals surface area contributed by atoms with Crippen LogP contribution in [0.25, 0.3) is 0 Å². The SMILES string of the molecule is COC(=O)c1cccc(CN(Cc2ccc([N+](=O)[O-])s2)c2ccccc2C2CCCNC2)c1. The van der Waals surface area contributed by atoms with Crippen LogP contribution < -0.4 is 10.2 Å². The normalized spacial score (nSPS) is 15.7. The van der Waals surface area contributed by atoms with Crippen molar-refractivity contribution >= 4 is 28.0 Å². The number of nitrogens with zero attached hydrogens (tertiary/aromatic N) is 2. The van der Waals surface area contributed by atoms with Crippen LogP contribution >= 0.6 is 11.3 Å². The second kappa shape index (κ2) is 10.6. The lowest BCUT2D eigenvalue weighted by atomic mass is 9.90. The highest BCUT2D eigenvalue weighted by atomic mass is 32.1. The van der Waals surface area contributed by atoms with Crippen LogP contribution in [0.4, 0.5) is 10.7 Å². The Kier molecular flexibility index (Phi) is 7.36. The van der Waals surface area contributed by atoms with Crippen molar-refractivity contribution in [3.8, 4) is 0 Å². The van der Waals surface area contributed by atoms with Gasteiger partial charge < -0.3 is 15.0 Å². The number of carbonyl (C=O) groups is 1. The third-order valence-electron chi connectivity index (χ3n) is 5.91. The minimum atomic E-state index is -0.369. The Morgan fingerprint density at radius 2 is 2.03 bits per heavy atom. The van der Waals surface area contributed by atoms with Gasteiger partial charge >= 0.3 is 11.0 Å². The number of thiophene rings is 1. The maximum atomic E-state index is 12.0. The number of hydrogen-bond acceptors (Lipinski definition) is 7. The molecule has 1 unspecified atom stereocenters.